The second kappa shape index (κ2) is 5.79. The van der Waals surface area contributed by atoms with Gasteiger partial charge in [-0.05, 0) is 32.8 Å². The lowest BCUT2D eigenvalue weighted by Gasteiger charge is -2.40. The zero-order valence-electron chi connectivity index (χ0n) is 13.5. The van der Waals surface area contributed by atoms with Crippen LogP contribution in [0.1, 0.15) is 34.1 Å². The second-order valence-electron chi connectivity index (χ2n) is 6.21. The van der Waals surface area contributed by atoms with Crippen molar-refractivity contribution in [3.05, 3.63) is 11.3 Å². The fourth-order valence-corrected chi connectivity index (χ4v) is 3.55. The summed E-state index contributed by atoms with van der Waals surface area (Å²) in [5, 5.41) is 6.78. The molecule has 21 heavy (non-hydrogen) atoms. The molecule has 0 aromatic carbocycles. The number of hydrogen-bond acceptors (Lipinski definition) is 5. The molecule has 0 radical (unpaired) electrons. The van der Waals surface area contributed by atoms with Crippen LogP contribution >= 0.6 is 0 Å². The van der Waals surface area contributed by atoms with Crippen LogP contribution in [0.3, 0.4) is 0 Å². The molecule has 3 rings (SSSR count). The first-order valence-corrected chi connectivity index (χ1v) is 8.06. The fourth-order valence-electron chi connectivity index (χ4n) is 3.55. The van der Waals surface area contributed by atoms with Crippen LogP contribution in [0.15, 0.2) is 21.4 Å². The number of fused-ring (bicyclic) bond motifs is 1. The Labute approximate surface area is 127 Å². The summed E-state index contributed by atoms with van der Waals surface area (Å²) in [7, 11) is 0. The van der Waals surface area contributed by atoms with Crippen molar-refractivity contribution in [1.29, 1.82) is 0 Å². The second-order valence-corrected chi connectivity index (χ2v) is 6.21. The van der Waals surface area contributed by atoms with Crippen LogP contribution < -0.4 is 0 Å². The first kappa shape index (κ1) is 14.6. The fraction of sp³-hybridized carbons (Fsp3) is 0.750. The lowest BCUT2D eigenvalue weighted by molar-refractivity contribution is 0.0462. The third-order valence-electron chi connectivity index (χ3n) is 4.57. The first-order chi connectivity index (χ1) is 10.1. The Bertz CT molecular complexity index is 489. The highest BCUT2D eigenvalue weighted by Gasteiger charge is 2.40. The van der Waals surface area contributed by atoms with Gasteiger partial charge in [-0.3, -0.25) is 10.0 Å². The van der Waals surface area contributed by atoms with E-state index in [2.05, 4.69) is 48.9 Å². The van der Waals surface area contributed by atoms with Crippen molar-refractivity contribution in [2.24, 2.45) is 16.0 Å². The Hall–Kier alpha value is -1.36. The van der Waals surface area contributed by atoms with Gasteiger partial charge in [0.1, 0.15) is 0 Å². The highest BCUT2D eigenvalue weighted by molar-refractivity contribution is 6.01. The highest BCUT2D eigenvalue weighted by atomic mass is 16.5. The number of morpholine rings is 1. The van der Waals surface area contributed by atoms with Crippen LogP contribution in [-0.4, -0.2) is 60.3 Å². The molecular weight excluding hydrogens is 264 g/mol. The van der Waals surface area contributed by atoms with Gasteiger partial charge in [-0.25, -0.2) is 0 Å². The predicted octanol–water partition coefficient (Wildman–Crippen LogP) is 2.11. The molecule has 0 saturated carbocycles. The van der Waals surface area contributed by atoms with Crippen molar-refractivity contribution >= 4 is 11.9 Å². The molecule has 0 aromatic rings. The minimum atomic E-state index is 0.137. The summed E-state index contributed by atoms with van der Waals surface area (Å²) in [6.45, 7) is 12.3. The molecule has 3 aliphatic heterocycles. The molecule has 1 fully saturated rings. The van der Waals surface area contributed by atoms with Gasteiger partial charge >= 0.3 is 0 Å². The third-order valence-corrected chi connectivity index (χ3v) is 4.57. The number of hydrogen-bond donors (Lipinski definition) is 0. The maximum absolute atomic E-state index is 5.52. The zero-order valence-corrected chi connectivity index (χ0v) is 13.5. The van der Waals surface area contributed by atoms with Crippen molar-refractivity contribution in [2.75, 3.05) is 26.3 Å². The van der Waals surface area contributed by atoms with Crippen LogP contribution in [-0.2, 0) is 4.74 Å². The number of allylic oxidation sites excluding steroid dienone is 1. The molecule has 0 aliphatic carbocycles. The van der Waals surface area contributed by atoms with Crippen molar-refractivity contribution in [3.8, 4) is 0 Å². The van der Waals surface area contributed by atoms with Gasteiger partial charge in [-0.1, -0.05) is 6.92 Å². The molecule has 1 saturated heterocycles. The van der Waals surface area contributed by atoms with Crippen LogP contribution in [0.4, 0.5) is 0 Å². The van der Waals surface area contributed by atoms with Gasteiger partial charge in [0.2, 0.25) is 0 Å². The van der Waals surface area contributed by atoms with Crippen LogP contribution in [0, 0.1) is 5.92 Å². The molecule has 0 bridgehead atoms. The Morgan fingerprint density at radius 2 is 2.05 bits per heavy atom. The minimum absolute atomic E-state index is 0.137. The first-order valence-electron chi connectivity index (χ1n) is 8.06. The molecule has 3 aliphatic rings. The summed E-state index contributed by atoms with van der Waals surface area (Å²) >= 11 is 0. The Kier molecular flexibility index (Phi) is 4.02. The quantitative estimate of drug-likeness (QED) is 0.799. The Balaban J connectivity index is 1.97. The average Bonchev–Trinajstić information content (AvgIpc) is 2.90. The Morgan fingerprint density at radius 1 is 1.33 bits per heavy atom. The van der Waals surface area contributed by atoms with E-state index in [-0.39, 0.29) is 6.17 Å². The van der Waals surface area contributed by atoms with Crippen LogP contribution in [0.25, 0.3) is 0 Å². The normalized spacial score (nSPS) is 29.3. The van der Waals surface area contributed by atoms with Gasteiger partial charge in [0.15, 0.2) is 6.17 Å². The molecule has 0 aromatic heterocycles. The molecule has 116 valence electrons. The Morgan fingerprint density at radius 3 is 2.67 bits per heavy atom. The average molecular weight is 290 g/mol. The van der Waals surface area contributed by atoms with E-state index in [1.165, 1.54) is 17.0 Å². The number of nitrogens with zero attached hydrogens (tertiary/aromatic N) is 4. The standard InChI is InChI=1S/C16H26N4O/c1-5-13-12(4)18-16-14(10-17-20(16)11(2)3)15(13)19-6-8-21-9-7-19/h10-11,14,16H,5-9H2,1-4H3. The number of hydrazone groups is 1. The monoisotopic (exact) mass is 290 g/mol. The van der Waals surface area contributed by atoms with Gasteiger partial charge in [-0.2, -0.15) is 5.10 Å². The van der Waals surface area contributed by atoms with Gasteiger partial charge in [-0.15, -0.1) is 0 Å². The molecule has 0 spiro atoms. The summed E-state index contributed by atoms with van der Waals surface area (Å²) in [6.07, 6.45) is 3.26. The van der Waals surface area contributed by atoms with E-state index in [0.717, 1.165) is 32.7 Å². The van der Waals surface area contributed by atoms with Gasteiger partial charge < -0.3 is 9.64 Å². The molecule has 0 N–H and O–H groups in total. The number of ether oxygens (including phenoxy) is 1. The van der Waals surface area contributed by atoms with Gasteiger partial charge in [0, 0.05) is 36.8 Å². The topological polar surface area (TPSA) is 40.4 Å². The van der Waals surface area contributed by atoms with E-state index in [0.29, 0.717) is 12.0 Å². The number of dihydropyridines is 1. The summed E-state index contributed by atoms with van der Waals surface area (Å²) in [4.78, 5) is 7.44. The molecule has 2 unspecified atom stereocenters. The summed E-state index contributed by atoms with van der Waals surface area (Å²) in [6, 6.07) is 0.377. The van der Waals surface area contributed by atoms with Crippen molar-refractivity contribution in [3.63, 3.8) is 0 Å². The zero-order chi connectivity index (χ0) is 15.0. The lowest BCUT2D eigenvalue weighted by Crippen LogP contribution is -2.46. The molecule has 3 heterocycles. The van der Waals surface area contributed by atoms with Crippen molar-refractivity contribution in [1.82, 2.24) is 9.91 Å². The van der Waals surface area contributed by atoms with E-state index >= 15 is 0 Å². The number of aliphatic imine (C=N–C) groups is 1. The van der Waals surface area contributed by atoms with Crippen molar-refractivity contribution < 1.29 is 4.74 Å². The van der Waals surface area contributed by atoms with E-state index in [4.69, 9.17) is 9.73 Å². The SMILES string of the molecule is CCC1=C(N2CCOCC2)C2C=NN(C(C)C)C2N=C1C. The van der Waals surface area contributed by atoms with Crippen LogP contribution in [0.5, 0.6) is 0 Å². The lowest BCUT2D eigenvalue weighted by atomic mass is 9.90. The maximum atomic E-state index is 5.52. The summed E-state index contributed by atoms with van der Waals surface area (Å²) in [5.74, 6) is 0.296. The predicted molar refractivity (Wildman–Crippen MR) is 85.6 cm³/mol. The molecular formula is C16H26N4O. The summed E-state index contributed by atoms with van der Waals surface area (Å²) in [5.41, 5.74) is 4.01. The molecule has 5 heteroatoms. The molecule has 2 atom stereocenters. The van der Waals surface area contributed by atoms with E-state index in [9.17, 15) is 0 Å². The smallest absolute Gasteiger partial charge is 0.150 e. The minimum Gasteiger partial charge on any atom is -0.378 e. The van der Waals surface area contributed by atoms with E-state index in [1.807, 2.05) is 0 Å². The molecule has 0 amide bonds. The maximum Gasteiger partial charge on any atom is 0.150 e. The number of rotatable bonds is 3. The third kappa shape index (κ3) is 2.48. The largest absolute Gasteiger partial charge is 0.378 e. The summed E-state index contributed by atoms with van der Waals surface area (Å²) < 4.78 is 5.52. The van der Waals surface area contributed by atoms with Crippen molar-refractivity contribution in [2.45, 2.75) is 46.3 Å². The highest BCUT2D eigenvalue weighted by Crippen LogP contribution is 2.36. The van der Waals surface area contributed by atoms with Crippen LogP contribution in [0.2, 0.25) is 0 Å². The van der Waals surface area contributed by atoms with E-state index in [1.54, 1.807) is 0 Å². The van der Waals surface area contributed by atoms with Gasteiger partial charge in [0.25, 0.3) is 0 Å². The van der Waals surface area contributed by atoms with Gasteiger partial charge in [0.05, 0.1) is 19.1 Å². The van der Waals surface area contributed by atoms with E-state index < -0.39 is 0 Å². The molecule has 5 nitrogen and oxygen atoms in total.